The zero-order valence-electron chi connectivity index (χ0n) is 22.3. The Hall–Kier alpha value is -3.36. The predicted molar refractivity (Wildman–Crippen MR) is 148 cm³/mol. The molecule has 2 aromatic carbocycles. The van der Waals surface area contributed by atoms with E-state index >= 15 is 0 Å². The minimum absolute atomic E-state index is 0.242. The summed E-state index contributed by atoms with van der Waals surface area (Å²) in [5, 5.41) is 0.519. The molecule has 2 aromatic rings. The molecule has 0 bridgehead atoms. The monoisotopic (exact) mass is 539 g/mol. The molecule has 0 amide bonds. The van der Waals surface area contributed by atoms with E-state index in [2.05, 4.69) is 26.9 Å². The number of esters is 2. The molecule has 2 unspecified atom stereocenters. The maximum atomic E-state index is 13.4. The smallest absolute Gasteiger partial charge is 0.336 e. The molecule has 0 aromatic heterocycles. The number of piperazine rings is 1. The lowest BCUT2D eigenvalue weighted by Crippen LogP contribution is -2.47. The maximum Gasteiger partial charge on any atom is 0.336 e. The molecule has 0 saturated carbocycles. The van der Waals surface area contributed by atoms with Crippen LogP contribution in [0.1, 0.15) is 25.3 Å². The standard InChI is InChI=1S/C29H34ClN3O5/c1-19-25(28(34)37-4)27(21-6-5-7-22(30)18-21)26(20(2)31-19)29(35)38-17-16-32-12-14-33(15-13-32)23-8-10-24(36-3)11-9-23/h5-11,18,25,27H,12-17H2,1-4H3. The van der Waals surface area contributed by atoms with Crippen LogP contribution in [0.4, 0.5) is 5.69 Å². The number of ether oxygens (including phenoxy) is 3. The Bertz CT molecular complexity index is 1220. The predicted octanol–water partition coefficient (Wildman–Crippen LogP) is 4.34. The van der Waals surface area contributed by atoms with Crippen molar-refractivity contribution in [2.45, 2.75) is 19.8 Å². The molecule has 4 rings (SSSR count). The van der Waals surface area contributed by atoms with Crippen LogP contribution < -0.4 is 9.64 Å². The van der Waals surface area contributed by atoms with Gasteiger partial charge in [-0.3, -0.25) is 14.7 Å². The van der Waals surface area contributed by atoms with Crippen molar-refractivity contribution in [1.29, 1.82) is 0 Å². The highest BCUT2D eigenvalue weighted by Crippen LogP contribution is 2.40. The molecule has 0 radical (unpaired) electrons. The lowest BCUT2D eigenvalue weighted by Gasteiger charge is -2.36. The number of hydrogen-bond donors (Lipinski definition) is 0. The fourth-order valence-corrected chi connectivity index (χ4v) is 5.36. The Morgan fingerprint density at radius 3 is 2.37 bits per heavy atom. The first-order valence-electron chi connectivity index (χ1n) is 12.7. The molecule has 2 aliphatic rings. The van der Waals surface area contributed by atoms with Crippen LogP contribution in [-0.2, 0) is 19.1 Å². The summed E-state index contributed by atoms with van der Waals surface area (Å²) in [5.41, 5.74) is 3.39. The van der Waals surface area contributed by atoms with Gasteiger partial charge in [-0.2, -0.15) is 0 Å². The van der Waals surface area contributed by atoms with E-state index in [4.69, 9.17) is 25.8 Å². The van der Waals surface area contributed by atoms with Crippen molar-refractivity contribution in [1.82, 2.24) is 4.90 Å². The van der Waals surface area contributed by atoms with Crippen molar-refractivity contribution in [2.75, 3.05) is 58.5 Å². The minimum Gasteiger partial charge on any atom is -0.497 e. The quantitative estimate of drug-likeness (QED) is 0.462. The number of methoxy groups -OCH3 is 2. The lowest BCUT2D eigenvalue weighted by molar-refractivity contribution is -0.144. The molecular formula is C29H34ClN3O5. The van der Waals surface area contributed by atoms with Crippen LogP contribution in [-0.4, -0.2) is 76.1 Å². The zero-order chi connectivity index (χ0) is 27.2. The molecule has 0 aliphatic carbocycles. The fourth-order valence-electron chi connectivity index (χ4n) is 5.16. The van der Waals surface area contributed by atoms with Gasteiger partial charge in [0.1, 0.15) is 18.3 Å². The number of halogens is 1. The molecule has 38 heavy (non-hydrogen) atoms. The SMILES string of the molecule is COC(=O)C1C(C)=NC(C)=C(C(=O)OCCN2CCN(c3ccc(OC)cc3)CC2)C1c1cccc(Cl)c1. The van der Waals surface area contributed by atoms with Gasteiger partial charge in [0.05, 0.1) is 19.8 Å². The summed E-state index contributed by atoms with van der Waals surface area (Å²) < 4.78 is 16.1. The summed E-state index contributed by atoms with van der Waals surface area (Å²) in [7, 11) is 3.00. The summed E-state index contributed by atoms with van der Waals surface area (Å²) >= 11 is 6.26. The van der Waals surface area contributed by atoms with Crippen molar-refractivity contribution in [2.24, 2.45) is 10.9 Å². The molecule has 0 spiro atoms. The van der Waals surface area contributed by atoms with Crippen LogP contribution in [0, 0.1) is 5.92 Å². The van der Waals surface area contributed by atoms with E-state index in [1.54, 1.807) is 39.2 Å². The largest absolute Gasteiger partial charge is 0.497 e. The zero-order valence-corrected chi connectivity index (χ0v) is 23.0. The Kier molecular flexibility index (Phi) is 9.07. The summed E-state index contributed by atoms with van der Waals surface area (Å²) in [5.74, 6) is -1.43. The third-order valence-corrected chi connectivity index (χ3v) is 7.40. The average molecular weight is 540 g/mol. The summed E-state index contributed by atoms with van der Waals surface area (Å²) in [6.45, 7) is 7.91. The van der Waals surface area contributed by atoms with Crippen molar-refractivity contribution in [3.05, 3.63) is 70.4 Å². The third kappa shape index (κ3) is 6.19. The molecule has 1 fully saturated rings. The van der Waals surface area contributed by atoms with Crippen molar-refractivity contribution in [3.63, 3.8) is 0 Å². The van der Waals surface area contributed by atoms with Gasteiger partial charge in [-0.25, -0.2) is 4.79 Å². The molecule has 1 saturated heterocycles. The summed E-state index contributed by atoms with van der Waals surface area (Å²) in [6, 6.07) is 15.3. The molecule has 8 nitrogen and oxygen atoms in total. The number of nitrogens with zero attached hydrogens (tertiary/aromatic N) is 3. The molecule has 2 heterocycles. The Balaban J connectivity index is 1.40. The van der Waals surface area contributed by atoms with Gasteiger partial charge in [-0.15, -0.1) is 0 Å². The van der Waals surface area contributed by atoms with Gasteiger partial charge in [-0.05, 0) is 55.8 Å². The highest BCUT2D eigenvalue weighted by atomic mass is 35.5. The van der Waals surface area contributed by atoms with Crippen molar-refractivity contribution >= 4 is 34.9 Å². The number of aliphatic imine (C=N–C) groups is 1. The van der Waals surface area contributed by atoms with Crippen molar-refractivity contribution < 1.29 is 23.8 Å². The first-order chi connectivity index (χ1) is 18.3. The van der Waals surface area contributed by atoms with Crippen LogP contribution in [0.2, 0.25) is 5.02 Å². The van der Waals surface area contributed by atoms with Gasteiger partial charge >= 0.3 is 11.9 Å². The lowest BCUT2D eigenvalue weighted by atomic mass is 9.75. The van der Waals surface area contributed by atoms with E-state index in [9.17, 15) is 9.59 Å². The van der Waals surface area contributed by atoms with Gasteiger partial charge in [0.25, 0.3) is 0 Å². The second-order valence-electron chi connectivity index (χ2n) is 9.45. The normalized spacial score (nSPS) is 20.1. The highest BCUT2D eigenvalue weighted by molar-refractivity contribution is 6.30. The number of rotatable bonds is 8. The van der Waals surface area contributed by atoms with Crippen LogP contribution in [0.5, 0.6) is 5.75 Å². The third-order valence-electron chi connectivity index (χ3n) is 7.16. The van der Waals surface area contributed by atoms with Gasteiger partial charge in [0, 0.05) is 60.8 Å². The number of hydrogen-bond acceptors (Lipinski definition) is 8. The number of carbonyl (C=O) groups excluding carboxylic acids is 2. The Morgan fingerprint density at radius 1 is 1.03 bits per heavy atom. The van der Waals surface area contributed by atoms with E-state index < -0.39 is 23.8 Å². The molecule has 2 atom stereocenters. The van der Waals surface area contributed by atoms with Gasteiger partial charge < -0.3 is 19.1 Å². The van der Waals surface area contributed by atoms with Crippen LogP contribution in [0.15, 0.2) is 64.8 Å². The molecule has 2 aliphatic heterocycles. The average Bonchev–Trinajstić information content (AvgIpc) is 2.92. The molecule has 0 N–H and O–H groups in total. The number of allylic oxidation sites excluding steroid dienone is 1. The van der Waals surface area contributed by atoms with Gasteiger partial charge in [-0.1, -0.05) is 23.7 Å². The number of benzene rings is 2. The second kappa shape index (κ2) is 12.5. The fraction of sp³-hybridized carbons (Fsp3) is 0.414. The van der Waals surface area contributed by atoms with Gasteiger partial charge in [0.2, 0.25) is 0 Å². The van der Waals surface area contributed by atoms with E-state index in [0.29, 0.717) is 28.5 Å². The van der Waals surface area contributed by atoms with Crippen LogP contribution >= 0.6 is 11.6 Å². The topological polar surface area (TPSA) is 80.7 Å². The van der Waals surface area contributed by atoms with E-state index in [0.717, 1.165) is 37.5 Å². The Morgan fingerprint density at radius 2 is 1.74 bits per heavy atom. The molecular weight excluding hydrogens is 506 g/mol. The van der Waals surface area contributed by atoms with E-state index in [1.807, 2.05) is 18.2 Å². The van der Waals surface area contributed by atoms with E-state index in [-0.39, 0.29) is 6.61 Å². The van der Waals surface area contributed by atoms with Crippen molar-refractivity contribution in [3.8, 4) is 5.75 Å². The Labute approximate surface area is 228 Å². The highest BCUT2D eigenvalue weighted by Gasteiger charge is 2.42. The van der Waals surface area contributed by atoms with Gasteiger partial charge in [0.15, 0.2) is 0 Å². The number of carbonyl (C=O) groups is 2. The minimum atomic E-state index is -0.740. The van der Waals surface area contributed by atoms with Crippen LogP contribution in [0.3, 0.4) is 0 Å². The molecule has 9 heteroatoms. The summed E-state index contributed by atoms with van der Waals surface area (Å²) in [4.78, 5) is 35.3. The first-order valence-corrected chi connectivity index (χ1v) is 13.1. The van der Waals surface area contributed by atoms with E-state index in [1.165, 1.54) is 12.8 Å². The molecule has 202 valence electrons. The maximum absolute atomic E-state index is 13.4. The van der Waals surface area contributed by atoms with Crippen LogP contribution in [0.25, 0.3) is 0 Å². The summed E-state index contributed by atoms with van der Waals surface area (Å²) in [6.07, 6.45) is 0. The number of anilines is 1. The first kappa shape index (κ1) is 27.7. The second-order valence-corrected chi connectivity index (χ2v) is 9.88.